The zero-order valence-corrected chi connectivity index (χ0v) is 13.2. The van der Waals surface area contributed by atoms with Crippen molar-refractivity contribution in [3.8, 4) is 11.6 Å². The van der Waals surface area contributed by atoms with Crippen molar-refractivity contribution in [2.24, 2.45) is 0 Å². The second kappa shape index (κ2) is 5.13. The van der Waals surface area contributed by atoms with Gasteiger partial charge in [0, 0.05) is 16.0 Å². The molecule has 0 saturated carbocycles. The Morgan fingerprint density at radius 1 is 1.14 bits per heavy atom. The lowest BCUT2D eigenvalue weighted by Crippen LogP contribution is -1.92. The highest BCUT2D eigenvalue weighted by Crippen LogP contribution is 2.42. The lowest BCUT2D eigenvalue weighted by atomic mass is 10.2. The van der Waals surface area contributed by atoms with Crippen LogP contribution in [0.15, 0.2) is 24.5 Å². The maximum atomic E-state index is 6.16. The summed E-state index contributed by atoms with van der Waals surface area (Å²) in [6.07, 6.45) is 4.89. The number of fused-ring (bicyclic) bond motifs is 3. The summed E-state index contributed by atoms with van der Waals surface area (Å²) in [5.41, 5.74) is 1.32. The summed E-state index contributed by atoms with van der Waals surface area (Å²) in [7, 11) is 0. The van der Waals surface area contributed by atoms with Crippen LogP contribution in [0.25, 0.3) is 10.2 Å². The van der Waals surface area contributed by atoms with Crippen LogP contribution in [-0.4, -0.2) is 9.97 Å². The highest BCUT2D eigenvalue weighted by Gasteiger charge is 2.22. The van der Waals surface area contributed by atoms with Crippen LogP contribution in [-0.2, 0) is 12.8 Å². The van der Waals surface area contributed by atoms with Crippen molar-refractivity contribution in [3.63, 3.8) is 0 Å². The molecule has 4 rings (SSSR count). The van der Waals surface area contributed by atoms with E-state index in [1.165, 1.54) is 23.2 Å². The number of aromatic nitrogens is 2. The molecule has 0 saturated heterocycles. The standard InChI is InChI=1S/C15H10Cl2N2OS/c16-8-4-5-10(17)11(6-8)20-14-13-9-2-1-3-12(9)21-15(13)19-7-18-14/h4-7H,1-3H2. The van der Waals surface area contributed by atoms with Crippen molar-refractivity contribution in [2.45, 2.75) is 19.3 Å². The average molecular weight is 337 g/mol. The second-order valence-electron chi connectivity index (χ2n) is 4.89. The second-order valence-corrected chi connectivity index (χ2v) is 6.82. The molecule has 106 valence electrons. The van der Waals surface area contributed by atoms with Gasteiger partial charge in [0.2, 0.25) is 5.88 Å². The normalized spacial score (nSPS) is 13.6. The molecule has 0 aliphatic heterocycles. The van der Waals surface area contributed by atoms with E-state index in [2.05, 4.69) is 9.97 Å². The number of rotatable bonds is 2. The van der Waals surface area contributed by atoms with Gasteiger partial charge in [-0.1, -0.05) is 23.2 Å². The van der Waals surface area contributed by atoms with Crippen LogP contribution in [0.4, 0.5) is 0 Å². The third kappa shape index (κ3) is 2.27. The molecule has 2 heterocycles. The quantitative estimate of drug-likeness (QED) is 0.638. The molecule has 3 nitrogen and oxygen atoms in total. The molecule has 0 atom stereocenters. The van der Waals surface area contributed by atoms with E-state index >= 15 is 0 Å². The van der Waals surface area contributed by atoms with Crippen LogP contribution in [0, 0.1) is 0 Å². The predicted octanol–water partition coefficient (Wildman–Crippen LogP) is 5.28. The van der Waals surface area contributed by atoms with Crippen LogP contribution >= 0.6 is 34.5 Å². The summed E-state index contributed by atoms with van der Waals surface area (Å²) in [6.45, 7) is 0. The number of halogens is 2. The van der Waals surface area contributed by atoms with Gasteiger partial charge < -0.3 is 4.74 Å². The Labute approximate surface area is 135 Å². The van der Waals surface area contributed by atoms with E-state index in [0.29, 0.717) is 21.7 Å². The maximum absolute atomic E-state index is 6.16. The van der Waals surface area contributed by atoms with Crippen molar-refractivity contribution in [2.75, 3.05) is 0 Å². The van der Waals surface area contributed by atoms with Crippen LogP contribution in [0.3, 0.4) is 0 Å². The highest BCUT2D eigenvalue weighted by atomic mass is 35.5. The first-order chi connectivity index (χ1) is 10.2. The molecule has 2 aromatic heterocycles. The molecule has 0 unspecified atom stereocenters. The zero-order chi connectivity index (χ0) is 14.4. The Morgan fingerprint density at radius 2 is 2.05 bits per heavy atom. The fourth-order valence-electron chi connectivity index (χ4n) is 2.64. The molecule has 0 amide bonds. The molecule has 0 N–H and O–H groups in total. The van der Waals surface area contributed by atoms with Gasteiger partial charge in [0.25, 0.3) is 0 Å². The lowest BCUT2D eigenvalue weighted by molar-refractivity contribution is 0.468. The summed E-state index contributed by atoms with van der Waals surface area (Å²) in [5, 5.41) is 2.11. The molecule has 1 aliphatic rings. The molecule has 0 bridgehead atoms. The number of ether oxygens (including phenoxy) is 1. The van der Waals surface area contributed by atoms with Gasteiger partial charge >= 0.3 is 0 Å². The van der Waals surface area contributed by atoms with Gasteiger partial charge in [-0.3, -0.25) is 0 Å². The average Bonchev–Trinajstić information content (AvgIpc) is 3.03. The molecule has 6 heteroatoms. The van der Waals surface area contributed by atoms with Gasteiger partial charge in [-0.15, -0.1) is 11.3 Å². The molecule has 0 spiro atoms. The molecule has 0 radical (unpaired) electrons. The number of hydrogen-bond donors (Lipinski definition) is 0. The van der Waals surface area contributed by atoms with Gasteiger partial charge in [0.15, 0.2) is 0 Å². The third-order valence-corrected chi connectivity index (χ3v) is 5.31. The largest absolute Gasteiger partial charge is 0.437 e. The van der Waals surface area contributed by atoms with E-state index < -0.39 is 0 Å². The van der Waals surface area contributed by atoms with Gasteiger partial charge in [-0.25, -0.2) is 9.97 Å². The van der Waals surface area contributed by atoms with Crippen LogP contribution < -0.4 is 4.74 Å². The minimum atomic E-state index is 0.512. The van der Waals surface area contributed by atoms with E-state index in [1.54, 1.807) is 29.5 Å². The Kier molecular flexibility index (Phi) is 3.25. The first-order valence-electron chi connectivity index (χ1n) is 6.60. The van der Waals surface area contributed by atoms with Gasteiger partial charge in [-0.05, 0) is 37.0 Å². The highest BCUT2D eigenvalue weighted by molar-refractivity contribution is 7.18. The fraction of sp³-hybridized carbons (Fsp3) is 0.200. The smallest absolute Gasteiger partial charge is 0.231 e. The minimum Gasteiger partial charge on any atom is -0.437 e. The molecular weight excluding hydrogens is 327 g/mol. The molecule has 21 heavy (non-hydrogen) atoms. The summed E-state index contributed by atoms with van der Waals surface area (Å²) in [4.78, 5) is 11.0. The lowest BCUT2D eigenvalue weighted by Gasteiger charge is -2.08. The molecular formula is C15H10Cl2N2OS. The van der Waals surface area contributed by atoms with Crippen molar-refractivity contribution in [1.29, 1.82) is 0 Å². The van der Waals surface area contributed by atoms with Crippen LogP contribution in [0.2, 0.25) is 10.0 Å². The zero-order valence-electron chi connectivity index (χ0n) is 10.9. The summed E-state index contributed by atoms with van der Waals surface area (Å²) < 4.78 is 5.93. The van der Waals surface area contributed by atoms with Gasteiger partial charge in [0.1, 0.15) is 16.9 Å². The Bertz CT molecular complexity index is 847. The van der Waals surface area contributed by atoms with Crippen LogP contribution in [0.5, 0.6) is 11.6 Å². The summed E-state index contributed by atoms with van der Waals surface area (Å²) in [5.74, 6) is 1.07. The minimum absolute atomic E-state index is 0.512. The maximum Gasteiger partial charge on any atom is 0.231 e. The van der Waals surface area contributed by atoms with Crippen molar-refractivity contribution in [1.82, 2.24) is 9.97 Å². The topological polar surface area (TPSA) is 35.0 Å². The van der Waals surface area contributed by atoms with E-state index in [1.807, 2.05) is 0 Å². The Balaban J connectivity index is 1.85. The van der Waals surface area contributed by atoms with E-state index in [9.17, 15) is 0 Å². The molecule has 0 fully saturated rings. The van der Waals surface area contributed by atoms with Crippen molar-refractivity contribution < 1.29 is 4.74 Å². The SMILES string of the molecule is Clc1ccc(Cl)c(Oc2ncnc3sc4c(c23)CCC4)c1. The van der Waals surface area contributed by atoms with Gasteiger partial charge in [-0.2, -0.15) is 0 Å². The van der Waals surface area contributed by atoms with Gasteiger partial charge in [0.05, 0.1) is 10.4 Å². The van der Waals surface area contributed by atoms with E-state index in [4.69, 9.17) is 27.9 Å². The van der Waals surface area contributed by atoms with E-state index in [-0.39, 0.29) is 0 Å². The predicted molar refractivity (Wildman–Crippen MR) is 86.0 cm³/mol. The number of aryl methyl sites for hydroxylation is 2. The van der Waals surface area contributed by atoms with Crippen molar-refractivity contribution >= 4 is 44.8 Å². The third-order valence-electron chi connectivity index (χ3n) is 3.57. The number of benzene rings is 1. The molecule has 1 aliphatic carbocycles. The Hall–Kier alpha value is -1.36. The van der Waals surface area contributed by atoms with Crippen molar-refractivity contribution in [3.05, 3.63) is 45.0 Å². The number of nitrogens with zero attached hydrogens (tertiary/aromatic N) is 2. The first-order valence-corrected chi connectivity index (χ1v) is 8.18. The summed E-state index contributed by atoms with van der Waals surface area (Å²) >= 11 is 13.9. The number of thiophene rings is 1. The summed E-state index contributed by atoms with van der Waals surface area (Å²) in [6, 6.07) is 5.15. The van der Waals surface area contributed by atoms with E-state index in [0.717, 1.165) is 23.1 Å². The molecule has 3 aromatic rings. The monoisotopic (exact) mass is 336 g/mol. The van der Waals surface area contributed by atoms with Crippen LogP contribution in [0.1, 0.15) is 16.9 Å². The fourth-order valence-corrected chi connectivity index (χ4v) is 4.17. The molecule has 1 aromatic carbocycles. The number of hydrogen-bond acceptors (Lipinski definition) is 4. The Morgan fingerprint density at radius 3 is 2.95 bits per heavy atom. The first kappa shape index (κ1) is 13.3.